The minimum atomic E-state index is -0.448. The van der Waals surface area contributed by atoms with Gasteiger partial charge in [-0.1, -0.05) is 54.1 Å². The molecule has 0 saturated heterocycles. The number of methoxy groups -OCH3 is 1. The zero-order valence-corrected chi connectivity index (χ0v) is 16.6. The number of aryl methyl sites for hydroxylation is 1. The van der Waals surface area contributed by atoms with Gasteiger partial charge in [-0.25, -0.2) is 0 Å². The first kappa shape index (κ1) is 19.3. The standard InChI is InChI=1S/C25H19NO4/c1-15-7-9-17(10-8-15)25(29)26-22-21(16-11-13-18(30-2)14-12-16)23(27)19-5-3-4-6-20(19)24(22)28/h3-14H,1-2H3,(H,26,29). The SMILES string of the molecule is COc1ccc(C2=C(NC(=O)c3ccc(C)cc3)C(=O)c3ccccc3C2=O)cc1. The summed E-state index contributed by atoms with van der Waals surface area (Å²) in [6, 6.07) is 20.4. The molecule has 0 bridgehead atoms. The first-order valence-electron chi connectivity index (χ1n) is 9.44. The van der Waals surface area contributed by atoms with Crippen molar-refractivity contribution in [1.29, 1.82) is 0 Å². The summed E-state index contributed by atoms with van der Waals surface area (Å²) in [7, 11) is 1.55. The quantitative estimate of drug-likeness (QED) is 0.715. The van der Waals surface area contributed by atoms with Crippen molar-refractivity contribution in [2.75, 3.05) is 7.11 Å². The highest BCUT2D eigenvalue weighted by molar-refractivity contribution is 6.41. The number of nitrogens with one attached hydrogen (secondary N) is 1. The molecule has 5 heteroatoms. The summed E-state index contributed by atoms with van der Waals surface area (Å²) in [6.45, 7) is 1.92. The third-order valence-corrected chi connectivity index (χ3v) is 5.05. The highest BCUT2D eigenvalue weighted by Gasteiger charge is 2.33. The molecule has 1 aliphatic carbocycles. The predicted octanol–water partition coefficient (Wildman–Crippen LogP) is 4.22. The Labute approximate surface area is 174 Å². The molecule has 3 aromatic rings. The van der Waals surface area contributed by atoms with Gasteiger partial charge in [0.2, 0.25) is 5.78 Å². The lowest BCUT2D eigenvalue weighted by Crippen LogP contribution is -2.33. The van der Waals surface area contributed by atoms with Gasteiger partial charge in [0.05, 0.1) is 12.7 Å². The fourth-order valence-corrected chi connectivity index (χ4v) is 3.42. The molecule has 1 amide bonds. The summed E-state index contributed by atoms with van der Waals surface area (Å²) in [4.78, 5) is 39.4. The fourth-order valence-electron chi connectivity index (χ4n) is 3.42. The minimum Gasteiger partial charge on any atom is -0.497 e. The van der Waals surface area contributed by atoms with E-state index < -0.39 is 11.7 Å². The molecule has 0 atom stereocenters. The largest absolute Gasteiger partial charge is 0.497 e. The van der Waals surface area contributed by atoms with E-state index in [1.54, 1.807) is 67.8 Å². The van der Waals surface area contributed by atoms with Crippen molar-refractivity contribution in [3.8, 4) is 5.75 Å². The van der Waals surface area contributed by atoms with Crippen LogP contribution in [-0.4, -0.2) is 24.6 Å². The van der Waals surface area contributed by atoms with Crippen molar-refractivity contribution in [3.63, 3.8) is 0 Å². The van der Waals surface area contributed by atoms with Gasteiger partial charge in [-0.15, -0.1) is 0 Å². The number of benzene rings is 3. The predicted molar refractivity (Wildman–Crippen MR) is 114 cm³/mol. The normalized spacial score (nSPS) is 13.1. The van der Waals surface area contributed by atoms with Crippen molar-refractivity contribution in [1.82, 2.24) is 5.32 Å². The summed E-state index contributed by atoms with van der Waals surface area (Å²) < 4.78 is 5.18. The lowest BCUT2D eigenvalue weighted by atomic mass is 9.84. The van der Waals surface area contributed by atoms with E-state index in [4.69, 9.17) is 4.74 Å². The summed E-state index contributed by atoms with van der Waals surface area (Å²) >= 11 is 0. The van der Waals surface area contributed by atoms with Gasteiger partial charge in [0.1, 0.15) is 11.4 Å². The van der Waals surface area contributed by atoms with Crippen LogP contribution in [-0.2, 0) is 0 Å². The van der Waals surface area contributed by atoms with E-state index in [1.165, 1.54) is 0 Å². The summed E-state index contributed by atoms with van der Waals surface area (Å²) in [5.74, 6) is -0.526. The average Bonchev–Trinajstić information content (AvgIpc) is 2.78. The number of allylic oxidation sites excluding steroid dienone is 2. The number of carbonyl (C=O) groups excluding carboxylic acids is 3. The molecule has 4 rings (SSSR count). The fraction of sp³-hybridized carbons (Fsp3) is 0.0800. The smallest absolute Gasteiger partial charge is 0.255 e. The molecule has 0 saturated carbocycles. The third-order valence-electron chi connectivity index (χ3n) is 5.05. The Morgan fingerprint density at radius 2 is 1.40 bits per heavy atom. The molecule has 0 aromatic heterocycles. The lowest BCUT2D eigenvalue weighted by Gasteiger charge is -2.22. The number of carbonyl (C=O) groups is 3. The molecule has 1 aliphatic rings. The Morgan fingerprint density at radius 1 is 0.800 bits per heavy atom. The molecular weight excluding hydrogens is 378 g/mol. The van der Waals surface area contributed by atoms with Crippen LogP contribution >= 0.6 is 0 Å². The maximum Gasteiger partial charge on any atom is 0.255 e. The van der Waals surface area contributed by atoms with E-state index in [1.807, 2.05) is 19.1 Å². The Hall–Kier alpha value is -3.99. The molecule has 0 spiro atoms. The average molecular weight is 397 g/mol. The van der Waals surface area contributed by atoms with Crippen LogP contribution in [0.15, 0.2) is 78.5 Å². The highest BCUT2D eigenvalue weighted by Crippen LogP contribution is 2.32. The van der Waals surface area contributed by atoms with Gasteiger partial charge < -0.3 is 10.1 Å². The van der Waals surface area contributed by atoms with E-state index in [0.717, 1.165) is 5.56 Å². The number of Topliss-reactive ketones (excluding diaryl/α,β-unsaturated/α-hetero) is 2. The molecule has 0 radical (unpaired) electrons. The summed E-state index contributed by atoms with van der Waals surface area (Å²) in [5, 5.41) is 2.69. The molecule has 1 N–H and O–H groups in total. The number of ketones is 2. The Bertz CT molecular complexity index is 1190. The van der Waals surface area contributed by atoms with Crippen LogP contribution in [0.3, 0.4) is 0 Å². The minimum absolute atomic E-state index is 0.0190. The molecular formula is C25H19NO4. The zero-order valence-electron chi connectivity index (χ0n) is 16.6. The van der Waals surface area contributed by atoms with Crippen LogP contribution in [0.5, 0.6) is 5.75 Å². The second kappa shape index (κ2) is 7.79. The van der Waals surface area contributed by atoms with Crippen LogP contribution in [0.1, 0.15) is 42.2 Å². The second-order valence-corrected chi connectivity index (χ2v) is 7.00. The molecule has 30 heavy (non-hydrogen) atoms. The van der Waals surface area contributed by atoms with Crippen molar-refractivity contribution >= 4 is 23.0 Å². The van der Waals surface area contributed by atoms with Gasteiger partial charge in [0.15, 0.2) is 5.78 Å². The third kappa shape index (κ3) is 3.42. The van der Waals surface area contributed by atoms with Gasteiger partial charge in [-0.3, -0.25) is 14.4 Å². The summed E-state index contributed by atoms with van der Waals surface area (Å²) in [5.41, 5.74) is 2.70. The number of fused-ring (bicyclic) bond motifs is 1. The van der Waals surface area contributed by atoms with Gasteiger partial charge in [-0.05, 0) is 36.8 Å². The Morgan fingerprint density at radius 3 is 2.00 bits per heavy atom. The number of amides is 1. The second-order valence-electron chi connectivity index (χ2n) is 7.00. The van der Waals surface area contributed by atoms with E-state index >= 15 is 0 Å². The zero-order chi connectivity index (χ0) is 21.3. The van der Waals surface area contributed by atoms with Gasteiger partial charge in [0.25, 0.3) is 5.91 Å². The van der Waals surface area contributed by atoms with Crippen LogP contribution < -0.4 is 10.1 Å². The molecule has 5 nitrogen and oxygen atoms in total. The van der Waals surface area contributed by atoms with Crippen molar-refractivity contribution in [2.24, 2.45) is 0 Å². The number of rotatable bonds is 4. The van der Waals surface area contributed by atoms with E-state index in [2.05, 4.69) is 5.32 Å². The first-order chi connectivity index (χ1) is 14.5. The van der Waals surface area contributed by atoms with Crippen molar-refractivity contribution in [3.05, 3.63) is 106 Å². The Balaban J connectivity index is 1.83. The van der Waals surface area contributed by atoms with E-state index in [0.29, 0.717) is 22.4 Å². The molecule has 0 heterocycles. The molecule has 148 valence electrons. The van der Waals surface area contributed by atoms with Crippen molar-refractivity contribution in [2.45, 2.75) is 6.92 Å². The molecule has 0 unspecified atom stereocenters. The maximum atomic E-state index is 13.3. The first-order valence-corrected chi connectivity index (χ1v) is 9.44. The van der Waals surface area contributed by atoms with E-state index in [9.17, 15) is 14.4 Å². The lowest BCUT2D eigenvalue weighted by molar-refractivity contribution is 0.0927. The van der Waals surface area contributed by atoms with Crippen LogP contribution in [0.4, 0.5) is 0 Å². The topological polar surface area (TPSA) is 72.5 Å². The molecule has 0 aliphatic heterocycles. The van der Waals surface area contributed by atoms with Crippen LogP contribution in [0, 0.1) is 6.92 Å². The Kier molecular flexibility index (Phi) is 5.02. The van der Waals surface area contributed by atoms with Gasteiger partial charge in [-0.2, -0.15) is 0 Å². The van der Waals surface area contributed by atoms with Crippen LogP contribution in [0.2, 0.25) is 0 Å². The number of ether oxygens (including phenoxy) is 1. The van der Waals surface area contributed by atoms with Crippen molar-refractivity contribution < 1.29 is 19.1 Å². The van der Waals surface area contributed by atoms with Gasteiger partial charge >= 0.3 is 0 Å². The monoisotopic (exact) mass is 397 g/mol. The maximum absolute atomic E-state index is 13.3. The van der Waals surface area contributed by atoms with E-state index in [-0.39, 0.29) is 22.6 Å². The van der Waals surface area contributed by atoms with Crippen LogP contribution in [0.25, 0.3) is 5.57 Å². The highest BCUT2D eigenvalue weighted by atomic mass is 16.5. The number of hydrogen-bond donors (Lipinski definition) is 1. The summed E-state index contributed by atoms with van der Waals surface area (Å²) in [6.07, 6.45) is 0. The van der Waals surface area contributed by atoms with Gasteiger partial charge in [0, 0.05) is 16.7 Å². The molecule has 3 aromatic carbocycles. The molecule has 0 fully saturated rings. The number of hydrogen-bond acceptors (Lipinski definition) is 4.